The summed E-state index contributed by atoms with van der Waals surface area (Å²) in [7, 11) is 0. The first-order chi connectivity index (χ1) is 10.5. The van der Waals surface area contributed by atoms with Crippen LogP contribution in [0.3, 0.4) is 0 Å². The first-order valence-corrected chi connectivity index (χ1v) is 6.87. The summed E-state index contributed by atoms with van der Waals surface area (Å²) >= 11 is 0. The Labute approximate surface area is 127 Å². The minimum atomic E-state index is -0.955. The molecule has 0 radical (unpaired) electrons. The maximum Gasteiger partial charge on any atom is 0.352 e. The smallest absolute Gasteiger partial charge is 0.352 e. The molecule has 0 aliphatic rings. The van der Waals surface area contributed by atoms with Crippen molar-refractivity contribution in [2.24, 2.45) is 0 Å². The molecule has 6 heteroatoms. The van der Waals surface area contributed by atoms with Crippen molar-refractivity contribution in [3.05, 3.63) is 63.5 Å². The second-order valence-corrected chi connectivity index (χ2v) is 4.84. The minimum Gasteiger partial charge on any atom is -0.477 e. The van der Waals surface area contributed by atoms with E-state index in [9.17, 15) is 14.9 Å². The molecular weight excluding hydrogens is 284 g/mol. The molecule has 1 aromatic carbocycles. The van der Waals surface area contributed by atoms with Gasteiger partial charge >= 0.3 is 5.97 Å². The molecule has 22 heavy (non-hydrogen) atoms. The summed E-state index contributed by atoms with van der Waals surface area (Å²) in [6.45, 7) is 2.63. The Bertz CT molecular complexity index is 714. The standard InChI is InChI=1S/C16H16N2O4/c1-2-9-17-11-13(10-15(17)16(19)20)4-3-12-5-7-14(8-6-12)18(21)22/h3-8,10-11H,2,9H2,1H3,(H,19,20)/b4-3+. The lowest BCUT2D eigenvalue weighted by Crippen LogP contribution is -2.06. The molecular formula is C16H16N2O4. The van der Waals surface area contributed by atoms with Crippen LogP contribution < -0.4 is 0 Å². The maximum absolute atomic E-state index is 11.2. The summed E-state index contributed by atoms with van der Waals surface area (Å²) in [5, 5.41) is 19.8. The second kappa shape index (κ2) is 6.71. The van der Waals surface area contributed by atoms with Crippen LogP contribution in [0.15, 0.2) is 36.5 Å². The van der Waals surface area contributed by atoms with Crippen LogP contribution in [-0.4, -0.2) is 20.6 Å². The van der Waals surface area contributed by atoms with E-state index in [0.717, 1.165) is 17.5 Å². The van der Waals surface area contributed by atoms with Gasteiger partial charge in [-0.15, -0.1) is 0 Å². The van der Waals surface area contributed by atoms with Crippen LogP contribution in [-0.2, 0) is 6.54 Å². The van der Waals surface area contributed by atoms with Gasteiger partial charge in [-0.25, -0.2) is 4.79 Å². The molecule has 0 bridgehead atoms. The third-order valence-corrected chi connectivity index (χ3v) is 3.17. The number of rotatable bonds is 6. The number of aryl methyl sites for hydroxylation is 1. The van der Waals surface area contributed by atoms with Crippen LogP contribution >= 0.6 is 0 Å². The zero-order valence-electron chi connectivity index (χ0n) is 12.1. The highest BCUT2D eigenvalue weighted by Crippen LogP contribution is 2.16. The molecule has 0 fully saturated rings. The van der Waals surface area contributed by atoms with Gasteiger partial charge in [0.1, 0.15) is 5.69 Å². The van der Waals surface area contributed by atoms with E-state index in [4.69, 9.17) is 5.11 Å². The predicted molar refractivity (Wildman–Crippen MR) is 83.7 cm³/mol. The summed E-state index contributed by atoms with van der Waals surface area (Å²) in [5.74, 6) is -0.955. The Morgan fingerprint density at radius 3 is 2.45 bits per heavy atom. The third kappa shape index (κ3) is 3.60. The number of carboxylic acids is 1. The number of non-ortho nitro benzene ring substituents is 1. The van der Waals surface area contributed by atoms with Gasteiger partial charge in [-0.2, -0.15) is 0 Å². The van der Waals surface area contributed by atoms with Crippen LogP contribution in [0, 0.1) is 10.1 Å². The molecule has 0 aliphatic heterocycles. The molecule has 2 aromatic rings. The van der Waals surface area contributed by atoms with Crippen molar-refractivity contribution in [2.45, 2.75) is 19.9 Å². The molecule has 0 saturated heterocycles. The van der Waals surface area contributed by atoms with Crippen LogP contribution in [0.25, 0.3) is 12.2 Å². The van der Waals surface area contributed by atoms with Gasteiger partial charge in [-0.05, 0) is 35.7 Å². The molecule has 0 unspecified atom stereocenters. The van der Waals surface area contributed by atoms with Gasteiger partial charge in [-0.1, -0.05) is 19.1 Å². The summed E-state index contributed by atoms with van der Waals surface area (Å²) in [6, 6.07) is 7.78. The average molecular weight is 300 g/mol. The van der Waals surface area contributed by atoms with E-state index in [2.05, 4.69) is 0 Å². The van der Waals surface area contributed by atoms with E-state index in [0.29, 0.717) is 6.54 Å². The normalized spacial score (nSPS) is 11.0. The molecule has 2 rings (SSSR count). The van der Waals surface area contributed by atoms with Gasteiger partial charge in [0.2, 0.25) is 0 Å². The maximum atomic E-state index is 11.2. The first-order valence-electron chi connectivity index (χ1n) is 6.87. The number of hydrogen-bond acceptors (Lipinski definition) is 3. The Balaban J connectivity index is 2.20. The van der Waals surface area contributed by atoms with E-state index in [1.165, 1.54) is 12.1 Å². The number of aromatic carboxylic acids is 1. The van der Waals surface area contributed by atoms with Gasteiger partial charge in [0.15, 0.2) is 0 Å². The Hall–Kier alpha value is -2.89. The van der Waals surface area contributed by atoms with Gasteiger partial charge in [0.25, 0.3) is 5.69 Å². The minimum absolute atomic E-state index is 0.0411. The predicted octanol–water partition coefficient (Wildman–Crippen LogP) is 3.67. The third-order valence-electron chi connectivity index (χ3n) is 3.17. The molecule has 0 aliphatic carbocycles. The largest absolute Gasteiger partial charge is 0.477 e. The van der Waals surface area contributed by atoms with E-state index in [1.54, 1.807) is 41.1 Å². The number of carbonyl (C=O) groups is 1. The first kappa shape index (κ1) is 15.5. The Kier molecular flexibility index (Phi) is 4.73. The second-order valence-electron chi connectivity index (χ2n) is 4.84. The quantitative estimate of drug-likeness (QED) is 0.651. The average Bonchev–Trinajstić information content (AvgIpc) is 2.89. The molecule has 114 valence electrons. The van der Waals surface area contributed by atoms with E-state index >= 15 is 0 Å². The van der Waals surface area contributed by atoms with Crippen LogP contribution in [0.5, 0.6) is 0 Å². The lowest BCUT2D eigenvalue weighted by atomic mass is 10.1. The number of benzene rings is 1. The zero-order valence-corrected chi connectivity index (χ0v) is 12.1. The molecule has 0 spiro atoms. The molecule has 1 aromatic heterocycles. The number of carboxylic acid groups (broad SMARTS) is 1. The van der Waals surface area contributed by atoms with Crippen molar-refractivity contribution in [2.75, 3.05) is 0 Å². The highest BCUT2D eigenvalue weighted by Gasteiger charge is 2.10. The molecule has 0 saturated carbocycles. The summed E-state index contributed by atoms with van der Waals surface area (Å²) in [6.07, 6.45) is 6.22. The fraction of sp³-hybridized carbons (Fsp3) is 0.188. The fourth-order valence-electron chi connectivity index (χ4n) is 2.13. The monoisotopic (exact) mass is 300 g/mol. The zero-order chi connectivity index (χ0) is 16.1. The summed E-state index contributed by atoms with van der Waals surface area (Å²) in [4.78, 5) is 21.3. The SMILES string of the molecule is CCCn1cc(/C=C/c2ccc([N+](=O)[O-])cc2)cc1C(=O)O. The van der Waals surface area contributed by atoms with Gasteiger partial charge < -0.3 is 9.67 Å². The van der Waals surface area contributed by atoms with E-state index in [1.807, 2.05) is 6.92 Å². The topological polar surface area (TPSA) is 85.4 Å². The molecule has 0 amide bonds. The Morgan fingerprint density at radius 2 is 1.91 bits per heavy atom. The Morgan fingerprint density at radius 1 is 1.27 bits per heavy atom. The number of nitrogens with zero attached hydrogens (tertiary/aromatic N) is 2. The fourth-order valence-corrected chi connectivity index (χ4v) is 2.13. The molecule has 1 N–H and O–H groups in total. The number of aromatic nitrogens is 1. The summed E-state index contributed by atoms with van der Waals surface area (Å²) in [5.41, 5.74) is 1.89. The van der Waals surface area contributed by atoms with Crippen LogP contribution in [0.1, 0.15) is 35.0 Å². The molecule has 1 heterocycles. The van der Waals surface area contributed by atoms with E-state index in [-0.39, 0.29) is 11.4 Å². The lowest BCUT2D eigenvalue weighted by molar-refractivity contribution is -0.384. The van der Waals surface area contributed by atoms with Crippen molar-refractivity contribution < 1.29 is 14.8 Å². The van der Waals surface area contributed by atoms with Crippen molar-refractivity contribution in [3.8, 4) is 0 Å². The highest BCUT2D eigenvalue weighted by molar-refractivity contribution is 5.87. The molecule has 6 nitrogen and oxygen atoms in total. The summed E-state index contributed by atoms with van der Waals surface area (Å²) < 4.78 is 1.71. The van der Waals surface area contributed by atoms with Crippen LogP contribution in [0.4, 0.5) is 5.69 Å². The molecule has 0 atom stereocenters. The lowest BCUT2D eigenvalue weighted by Gasteiger charge is -2.02. The highest BCUT2D eigenvalue weighted by atomic mass is 16.6. The van der Waals surface area contributed by atoms with Gasteiger partial charge in [-0.3, -0.25) is 10.1 Å². The number of nitro benzene ring substituents is 1. The van der Waals surface area contributed by atoms with Crippen molar-refractivity contribution in [3.63, 3.8) is 0 Å². The number of hydrogen-bond donors (Lipinski definition) is 1. The van der Waals surface area contributed by atoms with Gasteiger partial charge in [0.05, 0.1) is 4.92 Å². The van der Waals surface area contributed by atoms with Crippen molar-refractivity contribution in [1.29, 1.82) is 0 Å². The van der Waals surface area contributed by atoms with Crippen molar-refractivity contribution in [1.82, 2.24) is 4.57 Å². The van der Waals surface area contributed by atoms with E-state index < -0.39 is 10.9 Å². The van der Waals surface area contributed by atoms with Gasteiger partial charge in [0, 0.05) is 24.9 Å². The number of nitro groups is 1. The van der Waals surface area contributed by atoms with Crippen molar-refractivity contribution >= 4 is 23.8 Å². The van der Waals surface area contributed by atoms with Crippen LogP contribution in [0.2, 0.25) is 0 Å².